The monoisotopic (exact) mass is 167 g/mol. The van der Waals surface area contributed by atoms with Crippen LogP contribution in [0.1, 0.15) is 30.5 Å². The van der Waals surface area contributed by atoms with Crippen LogP contribution in [0.3, 0.4) is 0 Å². The van der Waals surface area contributed by atoms with E-state index in [-0.39, 0.29) is 11.9 Å². The van der Waals surface area contributed by atoms with Crippen LogP contribution in [-0.2, 0) is 0 Å². The number of benzene rings is 1. The van der Waals surface area contributed by atoms with Crippen molar-refractivity contribution in [2.24, 2.45) is 5.73 Å². The normalized spacial score (nSPS) is 13.0. The lowest BCUT2D eigenvalue weighted by Gasteiger charge is -2.09. The van der Waals surface area contributed by atoms with Crippen molar-refractivity contribution in [1.82, 2.24) is 0 Å². The Labute approximate surface area is 72.4 Å². The van der Waals surface area contributed by atoms with Crippen molar-refractivity contribution in [3.05, 3.63) is 35.1 Å². The van der Waals surface area contributed by atoms with Crippen LogP contribution in [-0.4, -0.2) is 0 Å². The van der Waals surface area contributed by atoms with Crippen molar-refractivity contribution in [2.75, 3.05) is 0 Å². The average Bonchev–Trinajstić information content (AvgIpc) is 2.08. The van der Waals surface area contributed by atoms with E-state index in [4.69, 9.17) is 5.73 Å². The number of aryl methyl sites for hydroxylation is 1. The van der Waals surface area contributed by atoms with Crippen LogP contribution in [0, 0.1) is 12.7 Å². The number of halogens is 1. The molecule has 0 fully saturated rings. The average molecular weight is 167 g/mol. The molecule has 0 heterocycles. The Morgan fingerprint density at radius 1 is 1.50 bits per heavy atom. The maximum absolute atomic E-state index is 13.0. The molecule has 66 valence electrons. The van der Waals surface area contributed by atoms with Gasteiger partial charge in [0.25, 0.3) is 0 Å². The van der Waals surface area contributed by atoms with Crippen molar-refractivity contribution in [3.8, 4) is 0 Å². The summed E-state index contributed by atoms with van der Waals surface area (Å²) in [6.07, 6.45) is 0.836. The standard InChI is InChI=1S/C10H14FN/c1-3-10(12)8-5-4-7(2)9(11)6-8/h4-6,10H,3,12H2,1-2H3. The van der Waals surface area contributed by atoms with Crippen LogP contribution in [0.25, 0.3) is 0 Å². The molecule has 0 aromatic heterocycles. The van der Waals surface area contributed by atoms with Crippen LogP contribution in [0.2, 0.25) is 0 Å². The van der Waals surface area contributed by atoms with E-state index in [1.54, 1.807) is 13.0 Å². The molecule has 0 aliphatic heterocycles. The topological polar surface area (TPSA) is 26.0 Å². The lowest BCUT2D eigenvalue weighted by Crippen LogP contribution is -2.08. The summed E-state index contributed by atoms with van der Waals surface area (Å²) in [5.41, 5.74) is 7.29. The van der Waals surface area contributed by atoms with Crippen molar-refractivity contribution in [1.29, 1.82) is 0 Å². The third-order valence-corrected chi connectivity index (χ3v) is 2.06. The predicted molar refractivity (Wildman–Crippen MR) is 48.4 cm³/mol. The number of hydrogen-bond donors (Lipinski definition) is 1. The Hall–Kier alpha value is -0.890. The largest absolute Gasteiger partial charge is 0.324 e. The first-order valence-electron chi connectivity index (χ1n) is 4.16. The highest BCUT2D eigenvalue weighted by atomic mass is 19.1. The fourth-order valence-corrected chi connectivity index (χ4v) is 1.08. The van der Waals surface area contributed by atoms with Crippen molar-refractivity contribution in [3.63, 3.8) is 0 Å². The van der Waals surface area contributed by atoms with Gasteiger partial charge in [0.05, 0.1) is 0 Å². The van der Waals surface area contributed by atoms with E-state index in [2.05, 4.69) is 0 Å². The van der Waals surface area contributed by atoms with Gasteiger partial charge in [-0.2, -0.15) is 0 Å². The minimum Gasteiger partial charge on any atom is -0.324 e. The Morgan fingerprint density at radius 3 is 2.67 bits per heavy atom. The zero-order chi connectivity index (χ0) is 9.14. The molecular weight excluding hydrogens is 153 g/mol. The van der Waals surface area contributed by atoms with Crippen molar-refractivity contribution >= 4 is 0 Å². The van der Waals surface area contributed by atoms with Gasteiger partial charge in [0.15, 0.2) is 0 Å². The van der Waals surface area contributed by atoms with Gasteiger partial charge in [-0.1, -0.05) is 19.1 Å². The molecule has 0 aliphatic carbocycles. The molecule has 0 amide bonds. The van der Waals surface area contributed by atoms with E-state index >= 15 is 0 Å². The van der Waals surface area contributed by atoms with Crippen LogP contribution in [0.15, 0.2) is 18.2 Å². The molecular formula is C10H14FN. The third-order valence-electron chi connectivity index (χ3n) is 2.06. The SMILES string of the molecule is CCC(N)c1ccc(C)c(F)c1. The summed E-state index contributed by atoms with van der Waals surface area (Å²) in [7, 11) is 0. The van der Waals surface area contributed by atoms with Gasteiger partial charge in [-0.25, -0.2) is 4.39 Å². The van der Waals surface area contributed by atoms with Gasteiger partial charge in [0, 0.05) is 6.04 Å². The zero-order valence-corrected chi connectivity index (χ0v) is 7.47. The maximum Gasteiger partial charge on any atom is 0.126 e. The summed E-state index contributed by atoms with van der Waals surface area (Å²) in [5.74, 6) is -0.170. The minimum atomic E-state index is -0.170. The third kappa shape index (κ3) is 1.83. The van der Waals surface area contributed by atoms with Crippen LogP contribution >= 0.6 is 0 Å². The molecule has 1 rings (SSSR count). The highest BCUT2D eigenvalue weighted by molar-refractivity contribution is 5.25. The molecule has 12 heavy (non-hydrogen) atoms. The summed E-state index contributed by atoms with van der Waals surface area (Å²) in [5, 5.41) is 0. The second-order valence-electron chi connectivity index (χ2n) is 3.02. The Bertz CT molecular complexity index is 271. The molecule has 1 atom stereocenters. The summed E-state index contributed by atoms with van der Waals surface area (Å²) in [4.78, 5) is 0. The lowest BCUT2D eigenvalue weighted by molar-refractivity contribution is 0.608. The summed E-state index contributed by atoms with van der Waals surface area (Å²) in [6, 6.07) is 5.12. The molecule has 0 saturated heterocycles. The summed E-state index contributed by atoms with van der Waals surface area (Å²) >= 11 is 0. The lowest BCUT2D eigenvalue weighted by atomic mass is 10.0. The quantitative estimate of drug-likeness (QED) is 0.719. The van der Waals surface area contributed by atoms with Crippen molar-refractivity contribution in [2.45, 2.75) is 26.3 Å². The molecule has 1 nitrogen and oxygen atoms in total. The van der Waals surface area contributed by atoms with Crippen LogP contribution in [0.5, 0.6) is 0 Å². The van der Waals surface area contributed by atoms with E-state index in [1.807, 2.05) is 13.0 Å². The highest BCUT2D eigenvalue weighted by Gasteiger charge is 2.04. The minimum absolute atomic E-state index is 0.0416. The number of rotatable bonds is 2. The highest BCUT2D eigenvalue weighted by Crippen LogP contribution is 2.16. The van der Waals surface area contributed by atoms with E-state index in [0.717, 1.165) is 12.0 Å². The first kappa shape index (κ1) is 9.20. The summed E-state index contributed by atoms with van der Waals surface area (Å²) < 4.78 is 13.0. The molecule has 2 N–H and O–H groups in total. The Morgan fingerprint density at radius 2 is 2.17 bits per heavy atom. The molecule has 0 aliphatic rings. The van der Waals surface area contributed by atoms with E-state index < -0.39 is 0 Å². The first-order chi connectivity index (χ1) is 5.65. The molecule has 1 aromatic carbocycles. The van der Waals surface area contributed by atoms with Gasteiger partial charge >= 0.3 is 0 Å². The Balaban J connectivity index is 2.96. The molecule has 2 heteroatoms. The number of hydrogen-bond acceptors (Lipinski definition) is 1. The molecule has 0 saturated carbocycles. The van der Waals surface area contributed by atoms with E-state index in [0.29, 0.717) is 5.56 Å². The predicted octanol–water partition coefficient (Wildman–Crippen LogP) is 2.54. The van der Waals surface area contributed by atoms with Gasteiger partial charge in [0.1, 0.15) is 5.82 Å². The van der Waals surface area contributed by atoms with Crippen LogP contribution < -0.4 is 5.73 Å². The van der Waals surface area contributed by atoms with E-state index in [1.165, 1.54) is 6.07 Å². The maximum atomic E-state index is 13.0. The fraction of sp³-hybridized carbons (Fsp3) is 0.400. The van der Waals surface area contributed by atoms with Crippen molar-refractivity contribution < 1.29 is 4.39 Å². The number of nitrogens with two attached hydrogens (primary N) is 1. The van der Waals surface area contributed by atoms with E-state index in [9.17, 15) is 4.39 Å². The molecule has 0 radical (unpaired) electrons. The van der Waals surface area contributed by atoms with Gasteiger partial charge in [-0.05, 0) is 30.5 Å². The van der Waals surface area contributed by atoms with Gasteiger partial charge in [-0.15, -0.1) is 0 Å². The first-order valence-corrected chi connectivity index (χ1v) is 4.16. The summed E-state index contributed by atoms with van der Waals surface area (Å²) in [6.45, 7) is 3.74. The molecule has 1 aromatic rings. The van der Waals surface area contributed by atoms with Gasteiger partial charge < -0.3 is 5.73 Å². The fourth-order valence-electron chi connectivity index (χ4n) is 1.08. The molecule has 0 spiro atoms. The second kappa shape index (κ2) is 3.68. The molecule has 1 unspecified atom stereocenters. The molecule has 0 bridgehead atoms. The Kier molecular flexibility index (Phi) is 2.82. The second-order valence-corrected chi connectivity index (χ2v) is 3.02. The van der Waals surface area contributed by atoms with Gasteiger partial charge in [0.2, 0.25) is 0 Å². The smallest absolute Gasteiger partial charge is 0.126 e. The van der Waals surface area contributed by atoms with Gasteiger partial charge in [-0.3, -0.25) is 0 Å². The zero-order valence-electron chi connectivity index (χ0n) is 7.47. The van der Waals surface area contributed by atoms with Crippen LogP contribution in [0.4, 0.5) is 4.39 Å².